The van der Waals surface area contributed by atoms with E-state index in [9.17, 15) is 4.79 Å². The minimum absolute atomic E-state index is 0.140. The molecule has 0 aliphatic carbocycles. The third-order valence-corrected chi connectivity index (χ3v) is 1.65. The molecule has 0 aromatic carbocycles. The molecule has 1 heterocycles. The number of nitrogens with one attached hydrogen (secondary N) is 1. The van der Waals surface area contributed by atoms with Gasteiger partial charge >= 0.3 is 5.97 Å². The van der Waals surface area contributed by atoms with Crippen molar-refractivity contribution in [3.05, 3.63) is 0 Å². The molecule has 5 heteroatoms. The minimum Gasteiger partial charge on any atom is -0.483 e. The lowest BCUT2D eigenvalue weighted by Crippen LogP contribution is -2.34. The van der Waals surface area contributed by atoms with E-state index in [4.69, 9.17) is 15.0 Å². The van der Waals surface area contributed by atoms with Gasteiger partial charge in [-0.05, 0) is 19.4 Å². The SMILES string of the molecule is O=C(O)C1CCCNC1.O=CO. The molecule has 0 saturated carbocycles. The maximum atomic E-state index is 10.3. The standard InChI is InChI=1S/C6H11NO2.CH2O2/c8-6(9)5-2-1-3-7-4-5;2-1-3/h5,7H,1-4H2,(H,8,9);1H,(H,2,3). The van der Waals surface area contributed by atoms with Gasteiger partial charge in [-0.1, -0.05) is 0 Å². The van der Waals surface area contributed by atoms with E-state index in [0.717, 1.165) is 19.4 Å². The average molecular weight is 175 g/mol. The molecule has 0 aromatic heterocycles. The van der Waals surface area contributed by atoms with Crippen molar-refractivity contribution in [3.8, 4) is 0 Å². The Kier molecular flexibility index (Phi) is 6.00. The van der Waals surface area contributed by atoms with Crippen molar-refractivity contribution in [2.45, 2.75) is 12.8 Å². The Bertz CT molecular complexity index is 142. The summed E-state index contributed by atoms with van der Waals surface area (Å²) in [6.07, 6.45) is 1.83. The summed E-state index contributed by atoms with van der Waals surface area (Å²) in [6.45, 7) is 1.37. The number of carbonyl (C=O) groups is 2. The summed E-state index contributed by atoms with van der Waals surface area (Å²) in [5.41, 5.74) is 0. The van der Waals surface area contributed by atoms with Crippen LogP contribution in [0.5, 0.6) is 0 Å². The fraction of sp³-hybridized carbons (Fsp3) is 0.714. The Balaban J connectivity index is 0.000000354. The first-order chi connectivity index (χ1) is 5.72. The van der Waals surface area contributed by atoms with Crippen LogP contribution in [0, 0.1) is 5.92 Å². The molecule has 5 nitrogen and oxygen atoms in total. The molecule has 0 amide bonds. The number of piperidine rings is 1. The second-order valence-corrected chi connectivity index (χ2v) is 2.49. The van der Waals surface area contributed by atoms with Crippen LogP contribution in [0.1, 0.15) is 12.8 Å². The maximum absolute atomic E-state index is 10.3. The summed E-state index contributed by atoms with van der Waals surface area (Å²) in [7, 11) is 0. The molecule has 1 aliphatic rings. The Labute approximate surface area is 70.4 Å². The third kappa shape index (κ3) is 4.68. The molecule has 12 heavy (non-hydrogen) atoms. The van der Waals surface area contributed by atoms with Crippen LogP contribution in [-0.4, -0.2) is 35.7 Å². The molecule has 1 aliphatic heterocycles. The highest BCUT2D eigenvalue weighted by molar-refractivity contribution is 5.70. The van der Waals surface area contributed by atoms with Crippen molar-refractivity contribution in [1.82, 2.24) is 5.32 Å². The molecular weight excluding hydrogens is 162 g/mol. The highest BCUT2D eigenvalue weighted by atomic mass is 16.4. The lowest BCUT2D eigenvalue weighted by atomic mass is 10.0. The zero-order chi connectivity index (χ0) is 9.40. The molecular formula is C7H13NO4. The van der Waals surface area contributed by atoms with Gasteiger partial charge in [0.1, 0.15) is 0 Å². The smallest absolute Gasteiger partial charge is 0.307 e. The third-order valence-electron chi connectivity index (χ3n) is 1.65. The van der Waals surface area contributed by atoms with E-state index in [2.05, 4.69) is 5.32 Å². The topological polar surface area (TPSA) is 86.6 Å². The fourth-order valence-corrected chi connectivity index (χ4v) is 1.06. The predicted octanol–water partition coefficient (Wildman–Crippen LogP) is -0.229. The number of aliphatic carboxylic acids is 1. The van der Waals surface area contributed by atoms with Crippen LogP contribution in [0.3, 0.4) is 0 Å². The lowest BCUT2D eigenvalue weighted by Gasteiger charge is -2.18. The van der Waals surface area contributed by atoms with Gasteiger partial charge in [0.15, 0.2) is 0 Å². The molecule has 1 unspecified atom stereocenters. The van der Waals surface area contributed by atoms with Crippen LogP contribution in [0.4, 0.5) is 0 Å². The summed E-state index contributed by atoms with van der Waals surface area (Å²) in [5.74, 6) is -0.805. The average Bonchev–Trinajstić information content (AvgIpc) is 2.07. The fourth-order valence-electron chi connectivity index (χ4n) is 1.06. The van der Waals surface area contributed by atoms with E-state index in [1.165, 1.54) is 0 Å². The van der Waals surface area contributed by atoms with Gasteiger partial charge in [0, 0.05) is 6.54 Å². The van der Waals surface area contributed by atoms with Gasteiger partial charge in [-0.3, -0.25) is 9.59 Å². The summed E-state index contributed by atoms with van der Waals surface area (Å²) in [4.78, 5) is 18.7. The Morgan fingerprint density at radius 2 is 2.17 bits per heavy atom. The Morgan fingerprint density at radius 3 is 2.42 bits per heavy atom. The van der Waals surface area contributed by atoms with Gasteiger partial charge in [0.25, 0.3) is 6.47 Å². The van der Waals surface area contributed by atoms with E-state index in [-0.39, 0.29) is 12.4 Å². The second-order valence-electron chi connectivity index (χ2n) is 2.49. The van der Waals surface area contributed by atoms with Crippen molar-refractivity contribution < 1.29 is 19.8 Å². The van der Waals surface area contributed by atoms with E-state index in [0.29, 0.717) is 6.54 Å². The largest absolute Gasteiger partial charge is 0.483 e. The van der Waals surface area contributed by atoms with Crippen LogP contribution >= 0.6 is 0 Å². The summed E-state index contributed by atoms with van der Waals surface area (Å²) in [5, 5.41) is 18.4. The molecule has 3 N–H and O–H groups in total. The van der Waals surface area contributed by atoms with Crippen LogP contribution in [-0.2, 0) is 9.59 Å². The molecule has 0 spiro atoms. The first-order valence-corrected chi connectivity index (χ1v) is 3.73. The number of hydrogen-bond acceptors (Lipinski definition) is 3. The first-order valence-electron chi connectivity index (χ1n) is 3.73. The van der Waals surface area contributed by atoms with Gasteiger partial charge in [0.2, 0.25) is 0 Å². The van der Waals surface area contributed by atoms with Crippen molar-refractivity contribution in [2.24, 2.45) is 5.92 Å². The quantitative estimate of drug-likeness (QED) is 0.479. The second kappa shape index (κ2) is 6.60. The summed E-state index contributed by atoms with van der Waals surface area (Å²) >= 11 is 0. The highest BCUT2D eigenvalue weighted by Gasteiger charge is 2.18. The molecule has 1 atom stereocenters. The zero-order valence-electron chi connectivity index (χ0n) is 6.69. The number of carboxylic acid groups (broad SMARTS) is 2. The van der Waals surface area contributed by atoms with Crippen LogP contribution in [0.2, 0.25) is 0 Å². The lowest BCUT2D eigenvalue weighted by molar-refractivity contribution is -0.142. The number of hydrogen-bond donors (Lipinski definition) is 3. The first kappa shape index (κ1) is 10.9. The van der Waals surface area contributed by atoms with E-state index in [1.54, 1.807) is 0 Å². The highest BCUT2D eigenvalue weighted by Crippen LogP contribution is 2.08. The molecule has 0 bridgehead atoms. The molecule has 70 valence electrons. The van der Waals surface area contributed by atoms with Gasteiger partial charge in [-0.2, -0.15) is 0 Å². The molecule has 0 radical (unpaired) electrons. The predicted molar refractivity (Wildman–Crippen MR) is 41.9 cm³/mol. The van der Waals surface area contributed by atoms with Gasteiger partial charge in [-0.25, -0.2) is 0 Å². The molecule has 1 fully saturated rings. The van der Waals surface area contributed by atoms with Crippen molar-refractivity contribution >= 4 is 12.4 Å². The molecule has 0 aromatic rings. The van der Waals surface area contributed by atoms with Crippen molar-refractivity contribution in [1.29, 1.82) is 0 Å². The zero-order valence-corrected chi connectivity index (χ0v) is 6.69. The van der Waals surface area contributed by atoms with Gasteiger partial charge < -0.3 is 15.5 Å². The van der Waals surface area contributed by atoms with Crippen LogP contribution < -0.4 is 5.32 Å². The molecule has 1 saturated heterocycles. The normalized spacial score (nSPS) is 21.8. The van der Waals surface area contributed by atoms with Crippen LogP contribution in [0.25, 0.3) is 0 Å². The summed E-state index contributed by atoms with van der Waals surface area (Å²) < 4.78 is 0. The van der Waals surface area contributed by atoms with E-state index < -0.39 is 5.97 Å². The molecule has 1 rings (SSSR count). The van der Waals surface area contributed by atoms with E-state index >= 15 is 0 Å². The Morgan fingerprint density at radius 1 is 1.58 bits per heavy atom. The number of carboxylic acids is 1. The van der Waals surface area contributed by atoms with Crippen LogP contribution in [0.15, 0.2) is 0 Å². The monoisotopic (exact) mass is 175 g/mol. The minimum atomic E-state index is -0.665. The van der Waals surface area contributed by atoms with Crippen molar-refractivity contribution in [2.75, 3.05) is 13.1 Å². The Hall–Kier alpha value is -1.10. The summed E-state index contributed by atoms with van der Waals surface area (Å²) in [6, 6.07) is 0. The van der Waals surface area contributed by atoms with Crippen molar-refractivity contribution in [3.63, 3.8) is 0 Å². The van der Waals surface area contributed by atoms with Gasteiger partial charge in [0.05, 0.1) is 5.92 Å². The van der Waals surface area contributed by atoms with Gasteiger partial charge in [-0.15, -0.1) is 0 Å². The van der Waals surface area contributed by atoms with E-state index in [1.807, 2.05) is 0 Å². The maximum Gasteiger partial charge on any atom is 0.307 e. The number of rotatable bonds is 1.